The van der Waals surface area contributed by atoms with Crippen LogP contribution in [0.4, 0.5) is 5.69 Å². The van der Waals surface area contributed by atoms with E-state index < -0.39 is 0 Å². The zero-order valence-electron chi connectivity index (χ0n) is 14.2. The monoisotopic (exact) mass is 333 g/mol. The van der Waals surface area contributed by atoms with Crippen molar-refractivity contribution in [3.05, 3.63) is 71.5 Å². The third-order valence-electron chi connectivity index (χ3n) is 4.49. The van der Waals surface area contributed by atoms with Gasteiger partial charge in [-0.05, 0) is 44.0 Å². The van der Waals surface area contributed by atoms with Crippen molar-refractivity contribution < 1.29 is 9.63 Å². The Morgan fingerprint density at radius 2 is 2.12 bits per heavy atom. The maximum Gasteiger partial charge on any atom is 0.141 e. The lowest BCUT2D eigenvalue weighted by atomic mass is 9.96. The molecule has 0 unspecified atom stereocenters. The molecule has 0 saturated heterocycles. The van der Waals surface area contributed by atoms with Gasteiger partial charge in [-0.2, -0.15) is 0 Å². The third kappa shape index (κ3) is 2.78. The van der Waals surface area contributed by atoms with Crippen molar-refractivity contribution in [2.75, 3.05) is 4.90 Å². The summed E-state index contributed by atoms with van der Waals surface area (Å²) in [5.41, 5.74) is 5.56. The van der Waals surface area contributed by atoms with Gasteiger partial charge in [0.2, 0.25) is 0 Å². The Balaban J connectivity index is 1.75. The molecule has 3 heterocycles. The number of nitrogens with zero attached hydrogens (tertiary/aromatic N) is 3. The summed E-state index contributed by atoms with van der Waals surface area (Å²) in [7, 11) is 0. The Bertz CT molecular complexity index is 926. The van der Waals surface area contributed by atoms with Crippen molar-refractivity contribution in [2.45, 2.75) is 26.8 Å². The SMILES string of the molecule is Cc1noc(C)c1-c1cc2c(cc1O)N(Cc1ccccn1)C=CC2. The highest BCUT2D eigenvalue weighted by Gasteiger charge is 2.21. The minimum Gasteiger partial charge on any atom is -0.507 e. The maximum absolute atomic E-state index is 10.6. The number of aromatic hydroxyl groups is 1. The summed E-state index contributed by atoms with van der Waals surface area (Å²) >= 11 is 0. The van der Waals surface area contributed by atoms with Gasteiger partial charge in [-0.3, -0.25) is 4.98 Å². The predicted molar refractivity (Wildman–Crippen MR) is 96.3 cm³/mol. The topological polar surface area (TPSA) is 62.4 Å². The summed E-state index contributed by atoms with van der Waals surface area (Å²) in [6.45, 7) is 4.41. The smallest absolute Gasteiger partial charge is 0.141 e. The molecule has 0 saturated carbocycles. The normalized spacial score (nSPS) is 13.1. The fourth-order valence-electron chi connectivity index (χ4n) is 3.31. The van der Waals surface area contributed by atoms with Gasteiger partial charge in [-0.25, -0.2) is 0 Å². The van der Waals surface area contributed by atoms with E-state index in [-0.39, 0.29) is 5.75 Å². The van der Waals surface area contributed by atoms with Gasteiger partial charge in [0, 0.05) is 29.7 Å². The molecule has 0 radical (unpaired) electrons. The molecule has 0 spiro atoms. The number of fused-ring (bicyclic) bond motifs is 1. The highest BCUT2D eigenvalue weighted by Crippen LogP contribution is 2.40. The van der Waals surface area contributed by atoms with Crippen molar-refractivity contribution in [3.63, 3.8) is 0 Å². The van der Waals surface area contributed by atoms with Crippen LogP contribution in [0.15, 0.2) is 53.3 Å². The van der Waals surface area contributed by atoms with Crippen LogP contribution in [-0.4, -0.2) is 15.2 Å². The molecule has 0 fully saturated rings. The number of aromatic nitrogens is 2. The third-order valence-corrected chi connectivity index (χ3v) is 4.49. The van der Waals surface area contributed by atoms with E-state index in [1.807, 2.05) is 50.4 Å². The van der Waals surface area contributed by atoms with Crippen molar-refractivity contribution in [1.29, 1.82) is 0 Å². The van der Waals surface area contributed by atoms with Crippen LogP contribution in [0.1, 0.15) is 22.7 Å². The van der Waals surface area contributed by atoms with Crippen LogP contribution in [0.5, 0.6) is 5.75 Å². The molecule has 2 aromatic heterocycles. The van der Waals surface area contributed by atoms with Crippen LogP contribution in [0.3, 0.4) is 0 Å². The number of anilines is 1. The molecule has 1 N–H and O–H groups in total. The fraction of sp³-hybridized carbons (Fsp3) is 0.200. The van der Waals surface area contributed by atoms with Crippen molar-refractivity contribution >= 4 is 5.69 Å². The number of hydrogen-bond acceptors (Lipinski definition) is 5. The van der Waals surface area contributed by atoms with E-state index in [0.29, 0.717) is 12.3 Å². The Morgan fingerprint density at radius 3 is 2.84 bits per heavy atom. The van der Waals surface area contributed by atoms with E-state index in [2.05, 4.69) is 21.1 Å². The number of benzene rings is 1. The highest BCUT2D eigenvalue weighted by atomic mass is 16.5. The molecule has 0 bridgehead atoms. The molecule has 1 aliphatic rings. The van der Waals surface area contributed by atoms with Gasteiger partial charge in [-0.15, -0.1) is 0 Å². The number of phenols is 1. The Kier molecular flexibility index (Phi) is 3.76. The van der Waals surface area contributed by atoms with Gasteiger partial charge in [0.05, 0.1) is 23.5 Å². The molecule has 0 amide bonds. The average molecular weight is 333 g/mol. The van der Waals surface area contributed by atoms with Crippen LogP contribution in [0.25, 0.3) is 11.1 Å². The highest BCUT2D eigenvalue weighted by molar-refractivity contribution is 5.78. The second-order valence-electron chi connectivity index (χ2n) is 6.24. The van der Waals surface area contributed by atoms with Crippen LogP contribution in [0, 0.1) is 13.8 Å². The van der Waals surface area contributed by atoms with Crippen molar-refractivity contribution in [2.24, 2.45) is 0 Å². The lowest BCUT2D eigenvalue weighted by Crippen LogP contribution is -2.20. The molecule has 0 aliphatic carbocycles. The molecule has 5 heteroatoms. The molecular weight excluding hydrogens is 314 g/mol. The lowest BCUT2D eigenvalue weighted by molar-refractivity contribution is 0.393. The Morgan fingerprint density at radius 1 is 1.24 bits per heavy atom. The Hall–Kier alpha value is -3.08. The quantitative estimate of drug-likeness (QED) is 0.780. The summed E-state index contributed by atoms with van der Waals surface area (Å²) in [6, 6.07) is 9.75. The zero-order valence-corrected chi connectivity index (χ0v) is 14.2. The first-order chi connectivity index (χ1) is 12.1. The van der Waals surface area contributed by atoms with Crippen LogP contribution < -0.4 is 4.90 Å². The van der Waals surface area contributed by atoms with Gasteiger partial charge >= 0.3 is 0 Å². The fourth-order valence-corrected chi connectivity index (χ4v) is 3.31. The minimum absolute atomic E-state index is 0.231. The zero-order chi connectivity index (χ0) is 17.4. The largest absolute Gasteiger partial charge is 0.507 e. The second kappa shape index (κ2) is 6.09. The minimum atomic E-state index is 0.231. The van der Waals surface area contributed by atoms with Gasteiger partial charge in [0.25, 0.3) is 0 Å². The van der Waals surface area contributed by atoms with Crippen LogP contribution >= 0.6 is 0 Å². The molecule has 0 atom stereocenters. The number of rotatable bonds is 3. The predicted octanol–water partition coefficient (Wildman–Crippen LogP) is 4.14. The maximum atomic E-state index is 10.6. The van der Waals surface area contributed by atoms with E-state index in [1.165, 1.54) is 0 Å². The van der Waals surface area contributed by atoms with Gasteiger partial charge in [0.1, 0.15) is 11.5 Å². The molecule has 25 heavy (non-hydrogen) atoms. The summed E-state index contributed by atoms with van der Waals surface area (Å²) < 4.78 is 5.26. The number of allylic oxidation sites excluding steroid dienone is 1. The van der Waals surface area contributed by atoms with Crippen molar-refractivity contribution in [3.8, 4) is 16.9 Å². The van der Waals surface area contributed by atoms with E-state index in [0.717, 1.165) is 40.2 Å². The van der Waals surface area contributed by atoms with Gasteiger partial charge < -0.3 is 14.5 Å². The summed E-state index contributed by atoms with van der Waals surface area (Å²) in [6.07, 6.45) is 6.79. The second-order valence-corrected chi connectivity index (χ2v) is 6.24. The van der Waals surface area contributed by atoms with Crippen LogP contribution in [-0.2, 0) is 13.0 Å². The molecule has 1 aromatic carbocycles. The lowest BCUT2D eigenvalue weighted by Gasteiger charge is -2.27. The average Bonchev–Trinajstić information content (AvgIpc) is 2.95. The van der Waals surface area contributed by atoms with Gasteiger partial charge in [-0.1, -0.05) is 17.3 Å². The number of aryl methyl sites for hydroxylation is 2. The molecule has 3 aromatic rings. The van der Waals surface area contributed by atoms with E-state index in [4.69, 9.17) is 4.52 Å². The standard InChI is InChI=1S/C20H19N3O2/c1-13-20(14(2)25-22-13)17-10-15-6-5-9-23(18(15)11-19(17)24)12-16-7-3-4-8-21-16/h3-5,7-11,24H,6,12H2,1-2H3. The number of phenolic OH excluding ortho intramolecular Hbond substituents is 1. The molecule has 126 valence electrons. The van der Waals surface area contributed by atoms with Gasteiger partial charge in [0.15, 0.2) is 0 Å². The van der Waals surface area contributed by atoms with E-state index in [9.17, 15) is 5.11 Å². The number of pyridine rings is 1. The first-order valence-electron chi connectivity index (χ1n) is 8.26. The summed E-state index contributed by atoms with van der Waals surface area (Å²) in [5, 5.41) is 14.6. The molecule has 5 nitrogen and oxygen atoms in total. The van der Waals surface area contributed by atoms with Crippen LogP contribution in [0.2, 0.25) is 0 Å². The first kappa shape index (κ1) is 15.4. The molecule has 1 aliphatic heterocycles. The number of hydrogen-bond donors (Lipinski definition) is 1. The summed E-state index contributed by atoms with van der Waals surface area (Å²) in [5.74, 6) is 0.943. The van der Waals surface area contributed by atoms with E-state index >= 15 is 0 Å². The molecular formula is C20H19N3O2. The van der Waals surface area contributed by atoms with Crippen molar-refractivity contribution in [1.82, 2.24) is 10.1 Å². The summed E-state index contributed by atoms with van der Waals surface area (Å²) in [4.78, 5) is 6.50. The van der Waals surface area contributed by atoms with E-state index in [1.54, 1.807) is 6.20 Å². The Labute approximate surface area is 146 Å². The first-order valence-corrected chi connectivity index (χ1v) is 8.26. The molecule has 4 rings (SSSR count).